The van der Waals surface area contributed by atoms with Crippen LogP contribution < -0.4 is 10.5 Å². The van der Waals surface area contributed by atoms with Gasteiger partial charge in [0.1, 0.15) is 5.75 Å². The molecule has 3 rings (SSSR count). The van der Waals surface area contributed by atoms with Crippen LogP contribution >= 0.6 is 0 Å². The smallest absolute Gasteiger partial charge is 0.201 e. The number of aliphatic hydroxyl groups excluding tert-OH is 1. The third-order valence-corrected chi connectivity index (χ3v) is 4.20. The molecule has 0 amide bonds. The molecule has 1 aliphatic carbocycles. The van der Waals surface area contributed by atoms with Gasteiger partial charge >= 0.3 is 0 Å². The Morgan fingerprint density at radius 1 is 1.30 bits per heavy atom. The molecule has 1 aromatic carbocycles. The molecule has 0 radical (unpaired) electrons. The Balaban J connectivity index is 2.07. The Bertz CT molecular complexity index is 608. The van der Waals surface area contributed by atoms with Gasteiger partial charge in [-0.1, -0.05) is 19.3 Å². The second-order valence-corrected chi connectivity index (χ2v) is 5.47. The van der Waals surface area contributed by atoms with Gasteiger partial charge in [0, 0.05) is 6.07 Å². The molecule has 1 aromatic heterocycles. The first-order valence-corrected chi connectivity index (χ1v) is 7.20. The molecular formula is C15H21N3O2. The van der Waals surface area contributed by atoms with Gasteiger partial charge in [-0.15, -0.1) is 0 Å². The van der Waals surface area contributed by atoms with E-state index in [1.165, 1.54) is 6.42 Å². The van der Waals surface area contributed by atoms with Gasteiger partial charge in [0.25, 0.3) is 0 Å². The molecule has 3 N–H and O–H groups in total. The third-order valence-electron chi connectivity index (χ3n) is 4.20. The number of ether oxygens (including phenoxy) is 1. The fourth-order valence-electron chi connectivity index (χ4n) is 3.14. The van der Waals surface area contributed by atoms with Crippen molar-refractivity contribution in [1.82, 2.24) is 9.55 Å². The highest BCUT2D eigenvalue weighted by Crippen LogP contribution is 2.33. The lowest BCUT2D eigenvalue weighted by atomic mass is 10.1. The molecule has 2 unspecified atom stereocenters. The summed E-state index contributed by atoms with van der Waals surface area (Å²) in [6.45, 7) is 0. The highest BCUT2D eigenvalue weighted by molar-refractivity contribution is 5.80. The van der Waals surface area contributed by atoms with E-state index < -0.39 is 0 Å². The lowest BCUT2D eigenvalue weighted by molar-refractivity contribution is 0.108. The zero-order chi connectivity index (χ0) is 14.1. The van der Waals surface area contributed by atoms with Gasteiger partial charge in [-0.3, -0.25) is 0 Å². The van der Waals surface area contributed by atoms with Crippen molar-refractivity contribution in [2.24, 2.45) is 0 Å². The van der Waals surface area contributed by atoms with Crippen molar-refractivity contribution in [1.29, 1.82) is 0 Å². The van der Waals surface area contributed by atoms with E-state index in [2.05, 4.69) is 4.98 Å². The van der Waals surface area contributed by atoms with Gasteiger partial charge in [-0.25, -0.2) is 4.98 Å². The molecule has 0 spiro atoms. The number of hydrogen-bond donors (Lipinski definition) is 2. The number of nitrogens with two attached hydrogens (primary N) is 1. The number of aliphatic hydroxyl groups is 1. The number of benzene rings is 1. The predicted molar refractivity (Wildman–Crippen MR) is 78.8 cm³/mol. The van der Waals surface area contributed by atoms with Crippen molar-refractivity contribution in [2.75, 3.05) is 12.8 Å². The van der Waals surface area contributed by atoms with Gasteiger partial charge in [0.15, 0.2) is 0 Å². The summed E-state index contributed by atoms with van der Waals surface area (Å²) in [5, 5.41) is 10.4. The van der Waals surface area contributed by atoms with Crippen LogP contribution in [0.2, 0.25) is 0 Å². The normalized spacial score (nSPS) is 23.7. The highest BCUT2D eigenvalue weighted by atomic mass is 16.5. The van der Waals surface area contributed by atoms with Crippen LogP contribution in [0.25, 0.3) is 11.0 Å². The average Bonchev–Trinajstić information content (AvgIpc) is 2.62. The Morgan fingerprint density at radius 3 is 2.90 bits per heavy atom. The maximum Gasteiger partial charge on any atom is 0.201 e. The summed E-state index contributed by atoms with van der Waals surface area (Å²) in [5.74, 6) is 1.24. The molecule has 0 saturated heterocycles. The number of fused-ring (bicyclic) bond motifs is 1. The van der Waals surface area contributed by atoms with E-state index in [1.807, 2.05) is 22.8 Å². The summed E-state index contributed by atoms with van der Waals surface area (Å²) >= 11 is 0. The maximum atomic E-state index is 10.4. The van der Waals surface area contributed by atoms with Gasteiger partial charge in [0.2, 0.25) is 5.95 Å². The summed E-state index contributed by atoms with van der Waals surface area (Å²) in [5.41, 5.74) is 7.87. The van der Waals surface area contributed by atoms with E-state index >= 15 is 0 Å². The zero-order valence-electron chi connectivity index (χ0n) is 11.7. The summed E-state index contributed by atoms with van der Waals surface area (Å²) in [6, 6.07) is 5.78. The second kappa shape index (κ2) is 5.32. The first-order chi connectivity index (χ1) is 9.70. The molecule has 5 nitrogen and oxygen atoms in total. The number of hydrogen-bond acceptors (Lipinski definition) is 4. The molecule has 2 aromatic rings. The van der Waals surface area contributed by atoms with Gasteiger partial charge in [0.05, 0.1) is 30.3 Å². The van der Waals surface area contributed by atoms with E-state index in [9.17, 15) is 5.11 Å². The Kier molecular flexibility index (Phi) is 3.53. The summed E-state index contributed by atoms with van der Waals surface area (Å²) < 4.78 is 7.21. The molecule has 20 heavy (non-hydrogen) atoms. The van der Waals surface area contributed by atoms with Crippen LogP contribution in [0.5, 0.6) is 5.75 Å². The lowest BCUT2D eigenvalue weighted by Crippen LogP contribution is -2.24. The summed E-state index contributed by atoms with van der Waals surface area (Å²) in [7, 11) is 1.64. The third kappa shape index (κ3) is 2.22. The fourth-order valence-corrected chi connectivity index (χ4v) is 3.14. The molecule has 1 fully saturated rings. The zero-order valence-corrected chi connectivity index (χ0v) is 11.7. The van der Waals surface area contributed by atoms with Crippen molar-refractivity contribution in [3.63, 3.8) is 0 Å². The average molecular weight is 275 g/mol. The van der Waals surface area contributed by atoms with Crippen LogP contribution in [0, 0.1) is 0 Å². The SMILES string of the molecule is COc1ccc2c(c1)nc(N)n2C1CCCCCC1O. The molecule has 0 bridgehead atoms. The second-order valence-electron chi connectivity index (χ2n) is 5.47. The molecular weight excluding hydrogens is 254 g/mol. The minimum Gasteiger partial charge on any atom is -0.497 e. The molecule has 1 aliphatic rings. The van der Waals surface area contributed by atoms with Gasteiger partial charge in [-0.2, -0.15) is 0 Å². The number of nitrogens with zero attached hydrogens (tertiary/aromatic N) is 2. The fraction of sp³-hybridized carbons (Fsp3) is 0.533. The monoisotopic (exact) mass is 275 g/mol. The quantitative estimate of drug-likeness (QED) is 0.826. The van der Waals surface area contributed by atoms with Gasteiger partial charge in [-0.05, 0) is 25.0 Å². The van der Waals surface area contributed by atoms with Crippen molar-refractivity contribution in [3.8, 4) is 5.75 Å². The van der Waals surface area contributed by atoms with E-state index in [0.717, 1.165) is 42.5 Å². The topological polar surface area (TPSA) is 73.3 Å². The number of rotatable bonds is 2. The Labute approximate surface area is 118 Å². The number of imidazole rings is 1. The molecule has 2 atom stereocenters. The highest BCUT2D eigenvalue weighted by Gasteiger charge is 2.26. The maximum absolute atomic E-state index is 10.4. The molecule has 1 heterocycles. The summed E-state index contributed by atoms with van der Waals surface area (Å²) in [6.07, 6.45) is 4.81. The van der Waals surface area contributed by atoms with Gasteiger partial charge < -0.3 is 20.1 Å². The van der Waals surface area contributed by atoms with Crippen LogP contribution in [0.4, 0.5) is 5.95 Å². The molecule has 0 aliphatic heterocycles. The van der Waals surface area contributed by atoms with E-state index in [-0.39, 0.29) is 12.1 Å². The summed E-state index contributed by atoms with van der Waals surface area (Å²) in [4.78, 5) is 4.41. The largest absolute Gasteiger partial charge is 0.497 e. The molecule has 1 saturated carbocycles. The van der Waals surface area contributed by atoms with Crippen LogP contribution in [0.1, 0.15) is 38.1 Å². The first kappa shape index (κ1) is 13.2. The van der Waals surface area contributed by atoms with Crippen molar-refractivity contribution >= 4 is 17.0 Å². The minimum atomic E-state index is -0.348. The predicted octanol–water partition coefficient (Wildman–Crippen LogP) is 2.49. The Hall–Kier alpha value is -1.75. The van der Waals surface area contributed by atoms with Crippen LogP contribution in [0.3, 0.4) is 0 Å². The molecule has 108 valence electrons. The van der Waals surface area contributed by atoms with Crippen molar-refractivity contribution in [3.05, 3.63) is 18.2 Å². The Morgan fingerprint density at radius 2 is 2.10 bits per heavy atom. The number of anilines is 1. The van der Waals surface area contributed by atoms with E-state index in [1.54, 1.807) is 7.11 Å². The number of nitrogen functional groups attached to an aromatic ring is 1. The first-order valence-electron chi connectivity index (χ1n) is 7.20. The van der Waals surface area contributed by atoms with Crippen LogP contribution in [0.15, 0.2) is 18.2 Å². The van der Waals surface area contributed by atoms with Crippen LogP contribution in [-0.4, -0.2) is 27.9 Å². The van der Waals surface area contributed by atoms with Crippen molar-refractivity contribution < 1.29 is 9.84 Å². The molecule has 5 heteroatoms. The number of aromatic nitrogens is 2. The van der Waals surface area contributed by atoms with E-state index in [4.69, 9.17) is 10.5 Å². The number of methoxy groups -OCH3 is 1. The van der Waals surface area contributed by atoms with Crippen LogP contribution in [-0.2, 0) is 0 Å². The van der Waals surface area contributed by atoms with E-state index in [0.29, 0.717) is 5.95 Å². The van der Waals surface area contributed by atoms with Crippen molar-refractivity contribution in [2.45, 2.75) is 44.2 Å². The standard InChI is InChI=1S/C15H21N3O2/c1-20-10-7-8-12-11(9-10)17-15(16)18(12)13-5-3-2-4-6-14(13)19/h7-9,13-14,19H,2-6H2,1H3,(H2,16,17). The lowest BCUT2D eigenvalue weighted by Gasteiger charge is -2.23. The minimum absolute atomic E-state index is 0.0240.